The van der Waals surface area contributed by atoms with Crippen molar-refractivity contribution in [3.05, 3.63) is 65.6 Å². The number of morpholine rings is 1. The number of ether oxygens (including phenoxy) is 1. The second kappa shape index (κ2) is 7.28. The molecule has 1 fully saturated rings. The van der Waals surface area contributed by atoms with E-state index in [0.717, 1.165) is 16.7 Å². The van der Waals surface area contributed by atoms with Crippen LogP contribution in [0.5, 0.6) is 0 Å². The van der Waals surface area contributed by atoms with E-state index in [2.05, 4.69) is 21.2 Å². The predicted molar refractivity (Wildman–Crippen MR) is 98.0 cm³/mol. The molecule has 1 saturated heterocycles. The van der Waals surface area contributed by atoms with Gasteiger partial charge in [-0.05, 0) is 18.6 Å². The lowest BCUT2D eigenvalue weighted by Gasteiger charge is -2.33. The minimum Gasteiger partial charge on any atom is -0.377 e. The SMILES string of the molecule is Cc1cccc(-c2cncc(C(=O)N3CCOC[C@H]3c3noc(C)n3)c2)c1. The molecule has 1 atom stereocenters. The van der Waals surface area contributed by atoms with Crippen LogP contribution in [0.4, 0.5) is 0 Å². The van der Waals surface area contributed by atoms with Gasteiger partial charge < -0.3 is 14.2 Å². The Hall–Kier alpha value is -3.06. The largest absolute Gasteiger partial charge is 0.377 e. The van der Waals surface area contributed by atoms with Gasteiger partial charge in [0.1, 0.15) is 6.04 Å². The van der Waals surface area contributed by atoms with Crippen LogP contribution in [0.3, 0.4) is 0 Å². The van der Waals surface area contributed by atoms with Crippen molar-refractivity contribution in [2.75, 3.05) is 19.8 Å². The minimum absolute atomic E-state index is 0.118. The summed E-state index contributed by atoms with van der Waals surface area (Å²) in [6.45, 7) is 5.05. The van der Waals surface area contributed by atoms with Gasteiger partial charge in [-0.15, -0.1) is 0 Å². The molecular formula is C20H20N4O3. The maximum Gasteiger partial charge on any atom is 0.256 e. The first kappa shape index (κ1) is 17.4. The van der Waals surface area contributed by atoms with Crippen molar-refractivity contribution in [1.82, 2.24) is 20.0 Å². The van der Waals surface area contributed by atoms with Crippen molar-refractivity contribution in [1.29, 1.82) is 0 Å². The van der Waals surface area contributed by atoms with Crippen LogP contribution in [0.15, 0.2) is 47.2 Å². The number of carbonyl (C=O) groups is 1. The molecule has 1 aliphatic rings. The summed E-state index contributed by atoms with van der Waals surface area (Å²) < 4.78 is 10.6. The van der Waals surface area contributed by atoms with Crippen LogP contribution in [0, 0.1) is 13.8 Å². The van der Waals surface area contributed by atoms with E-state index in [1.54, 1.807) is 24.2 Å². The molecular weight excluding hydrogens is 344 g/mol. The normalized spacial score (nSPS) is 17.1. The lowest BCUT2D eigenvalue weighted by Crippen LogP contribution is -2.43. The average Bonchev–Trinajstić information content (AvgIpc) is 3.14. The number of pyridine rings is 1. The first-order chi connectivity index (χ1) is 13.1. The molecule has 2 aromatic heterocycles. The summed E-state index contributed by atoms with van der Waals surface area (Å²) in [5, 5.41) is 3.96. The molecule has 0 spiro atoms. The van der Waals surface area contributed by atoms with E-state index in [-0.39, 0.29) is 11.9 Å². The summed E-state index contributed by atoms with van der Waals surface area (Å²) in [6.07, 6.45) is 3.36. The summed E-state index contributed by atoms with van der Waals surface area (Å²) >= 11 is 0. The summed E-state index contributed by atoms with van der Waals surface area (Å²) in [5.41, 5.74) is 3.63. The topological polar surface area (TPSA) is 81.4 Å². The molecule has 1 aliphatic heterocycles. The molecule has 0 saturated carbocycles. The van der Waals surface area contributed by atoms with Crippen LogP contribution >= 0.6 is 0 Å². The van der Waals surface area contributed by atoms with E-state index in [4.69, 9.17) is 9.26 Å². The van der Waals surface area contributed by atoms with Gasteiger partial charge in [0.25, 0.3) is 5.91 Å². The van der Waals surface area contributed by atoms with Crippen molar-refractivity contribution in [2.45, 2.75) is 19.9 Å². The number of carbonyl (C=O) groups excluding carboxylic acids is 1. The molecule has 7 heteroatoms. The third-order valence-electron chi connectivity index (χ3n) is 4.57. The minimum atomic E-state index is -0.369. The van der Waals surface area contributed by atoms with E-state index in [1.807, 2.05) is 31.2 Å². The molecule has 138 valence electrons. The highest BCUT2D eigenvalue weighted by Gasteiger charge is 2.32. The van der Waals surface area contributed by atoms with Gasteiger partial charge in [0.15, 0.2) is 5.82 Å². The van der Waals surface area contributed by atoms with Crippen LogP contribution in [-0.4, -0.2) is 45.7 Å². The number of rotatable bonds is 3. The number of hydrogen-bond donors (Lipinski definition) is 0. The monoisotopic (exact) mass is 364 g/mol. The Bertz CT molecular complexity index is 969. The maximum absolute atomic E-state index is 13.2. The van der Waals surface area contributed by atoms with Crippen molar-refractivity contribution in [3.63, 3.8) is 0 Å². The standard InChI is InChI=1S/C20H20N4O3/c1-13-4-3-5-15(8-13)16-9-17(11-21-10-16)20(25)24-6-7-26-12-18(24)19-22-14(2)27-23-19/h3-5,8-11,18H,6-7,12H2,1-2H3/t18-/m0/s1. The Morgan fingerprint density at radius 2 is 2.07 bits per heavy atom. The van der Waals surface area contributed by atoms with Gasteiger partial charge in [0.2, 0.25) is 5.89 Å². The van der Waals surface area contributed by atoms with E-state index in [9.17, 15) is 4.79 Å². The lowest BCUT2D eigenvalue weighted by atomic mass is 10.0. The maximum atomic E-state index is 13.2. The highest BCUT2D eigenvalue weighted by atomic mass is 16.5. The highest BCUT2D eigenvalue weighted by Crippen LogP contribution is 2.26. The van der Waals surface area contributed by atoms with Crippen LogP contribution in [-0.2, 0) is 4.74 Å². The molecule has 0 N–H and O–H groups in total. The summed E-state index contributed by atoms with van der Waals surface area (Å²) in [5.74, 6) is 0.808. The van der Waals surface area contributed by atoms with Gasteiger partial charge in [-0.2, -0.15) is 4.98 Å². The molecule has 1 amide bonds. The lowest BCUT2D eigenvalue weighted by molar-refractivity contribution is -0.00578. The zero-order chi connectivity index (χ0) is 18.8. The summed E-state index contributed by atoms with van der Waals surface area (Å²) in [4.78, 5) is 23.5. The van der Waals surface area contributed by atoms with Gasteiger partial charge in [0.05, 0.1) is 18.8 Å². The van der Waals surface area contributed by atoms with Gasteiger partial charge in [0, 0.05) is 31.4 Å². The first-order valence-corrected chi connectivity index (χ1v) is 8.83. The smallest absolute Gasteiger partial charge is 0.256 e. The fraction of sp³-hybridized carbons (Fsp3) is 0.300. The molecule has 3 aromatic rings. The molecule has 1 aromatic carbocycles. The van der Waals surface area contributed by atoms with E-state index in [0.29, 0.717) is 37.0 Å². The number of benzene rings is 1. The Morgan fingerprint density at radius 3 is 2.85 bits per heavy atom. The fourth-order valence-corrected chi connectivity index (χ4v) is 3.22. The zero-order valence-corrected chi connectivity index (χ0v) is 15.3. The van der Waals surface area contributed by atoms with Gasteiger partial charge in [-0.25, -0.2) is 0 Å². The highest BCUT2D eigenvalue weighted by molar-refractivity contribution is 5.95. The van der Waals surface area contributed by atoms with Crippen LogP contribution in [0.25, 0.3) is 11.1 Å². The number of nitrogens with zero attached hydrogens (tertiary/aromatic N) is 4. The van der Waals surface area contributed by atoms with Gasteiger partial charge in [-0.1, -0.05) is 35.0 Å². The van der Waals surface area contributed by atoms with Crippen LogP contribution in [0.2, 0.25) is 0 Å². The molecule has 0 aliphatic carbocycles. The molecule has 0 bridgehead atoms. The molecule has 0 radical (unpaired) electrons. The molecule has 0 unspecified atom stereocenters. The molecule has 3 heterocycles. The molecule has 7 nitrogen and oxygen atoms in total. The first-order valence-electron chi connectivity index (χ1n) is 8.83. The Balaban J connectivity index is 1.64. The van der Waals surface area contributed by atoms with E-state index >= 15 is 0 Å². The molecule has 27 heavy (non-hydrogen) atoms. The second-order valence-corrected chi connectivity index (χ2v) is 6.59. The number of amides is 1. The zero-order valence-electron chi connectivity index (χ0n) is 15.3. The number of aryl methyl sites for hydroxylation is 2. The third kappa shape index (κ3) is 3.59. The van der Waals surface area contributed by atoms with Crippen molar-refractivity contribution < 1.29 is 14.1 Å². The number of aromatic nitrogens is 3. The predicted octanol–water partition coefficient (Wildman–Crippen LogP) is 2.96. The fourth-order valence-electron chi connectivity index (χ4n) is 3.22. The molecule has 4 rings (SSSR count). The van der Waals surface area contributed by atoms with Crippen LogP contribution < -0.4 is 0 Å². The Kier molecular flexibility index (Phi) is 4.68. The summed E-state index contributed by atoms with van der Waals surface area (Å²) in [7, 11) is 0. The number of hydrogen-bond acceptors (Lipinski definition) is 6. The average molecular weight is 364 g/mol. The Morgan fingerprint density at radius 1 is 1.19 bits per heavy atom. The van der Waals surface area contributed by atoms with Crippen molar-refractivity contribution in [3.8, 4) is 11.1 Å². The van der Waals surface area contributed by atoms with Crippen molar-refractivity contribution in [2.24, 2.45) is 0 Å². The summed E-state index contributed by atoms with van der Waals surface area (Å²) in [6, 6.07) is 9.62. The van der Waals surface area contributed by atoms with Gasteiger partial charge >= 0.3 is 0 Å². The third-order valence-corrected chi connectivity index (χ3v) is 4.57. The Labute approximate surface area is 157 Å². The van der Waals surface area contributed by atoms with Crippen LogP contribution in [0.1, 0.15) is 33.7 Å². The quantitative estimate of drug-likeness (QED) is 0.711. The van der Waals surface area contributed by atoms with Crippen molar-refractivity contribution >= 4 is 5.91 Å². The van der Waals surface area contributed by atoms with E-state index < -0.39 is 0 Å². The van der Waals surface area contributed by atoms with E-state index in [1.165, 1.54) is 0 Å². The second-order valence-electron chi connectivity index (χ2n) is 6.59. The van der Waals surface area contributed by atoms with Gasteiger partial charge in [-0.3, -0.25) is 9.78 Å².